The van der Waals surface area contributed by atoms with Gasteiger partial charge in [-0.3, -0.25) is 19.7 Å². The molecule has 3 saturated heterocycles. The average Bonchev–Trinajstić information content (AvgIpc) is 3.14. The van der Waals surface area contributed by atoms with Gasteiger partial charge in [0.25, 0.3) is 5.69 Å². The van der Waals surface area contributed by atoms with Crippen molar-refractivity contribution in [1.29, 1.82) is 0 Å². The largest absolute Gasteiger partial charge is 0.427 e. The highest BCUT2D eigenvalue weighted by Crippen LogP contribution is 2.35. The highest BCUT2D eigenvalue weighted by atomic mass is 16.8. The molecule has 4 rings (SSSR count). The number of nitro groups is 1. The number of ether oxygens (including phenoxy) is 7. The van der Waals surface area contributed by atoms with E-state index in [0.717, 1.165) is 0 Å². The lowest BCUT2D eigenvalue weighted by molar-refractivity contribution is -0.384. The highest BCUT2D eigenvalue weighted by molar-refractivity contribution is 5.76. The first-order chi connectivity index (χ1) is 25.7. The molecule has 8 N–H and O–H groups in total. The molecule has 20 nitrogen and oxygen atoms in total. The zero-order valence-corrected chi connectivity index (χ0v) is 30.0. The van der Waals surface area contributed by atoms with Crippen LogP contribution in [0.3, 0.4) is 0 Å². The number of amides is 1. The fraction of sp³-hybridized carbons (Fsp3) is 0.765. The van der Waals surface area contributed by atoms with Gasteiger partial charge in [0.1, 0.15) is 48.5 Å². The van der Waals surface area contributed by atoms with Crippen LogP contribution in [-0.2, 0) is 38.0 Å². The van der Waals surface area contributed by atoms with E-state index in [4.69, 9.17) is 33.2 Å². The van der Waals surface area contributed by atoms with Crippen molar-refractivity contribution in [3.63, 3.8) is 0 Å². The van der Waals surface area contributed by atoms with E-state index < -0.39 is 110 Å². The van der Waals surface area contributed by atoms with Crippen molar-refractivity contribution in [1.82, 2.24) is 5.32 Å². The van der Waals surface area contributed by atoms with E-state index in [9.17, 15) is 55.4 Å². The average molecular weight is 777 g/mol. The summed E-state index contributed by atoms with van der Waals surface area (Å²) in [6.45, 7) is 1.93. The summed E-state index contributed by atoms with van der Waals surface area (Å²) in [5.41, 5.74) is -0.132. The van der Waals surface area contributed by atoms with Crippen molar-refractivity contribution in [2.75, 3.05) is 26.4 Å². The molecule has 3 aliphatic heterocycles. The molecule has 306 valence electrons. The Hall–Kier alpha value is -2.96. The number of aliphatic hydroxyl groups is 7. The second-order valence-corrected chi connectivity index (χ2v) is 13.6. The summed E-state index contributed by atoms with van der Waals surface area (Å²) < 4.78 is 40.7. The van der Waals surface area contributed by atoms with Gasteiger partial charge >= 0.3 is 5.97 Å². The van der Waals surface area contributed by atoms with Gasteiger partial charge in [0.2, 0.25) is 5.91 Å². The number of carbonyl (C=O) groups excluding carboxylic acids is 2. The van der Waals surface area contributed by atoms with Crippen molar-refractivity contribution in [2.24, 2.45) is 5.92 Å². The van der Waals surface area contributed by atoms with E-state index in [1.807, 2.05) is 0 Å². The maximum atomic E-state index is 12.4. The third-order valence-electron chi connectivity index (χ3n) is 9.50. The number of nitro benzene ring substituents is 1. The van der Waals surface area contributed by atoms with Gasteiger partial charge < -0.3 is 74.2 Å². The van der Waals surface area contributed by atoms with Gasteiger partial charge in [0.05, 0.1) is 43.1 Å². The van der Waals surface area contributed by atoms with Crippen LogP contribution >= 0.6 is 0 Å². The van der Waals surface area contributed by atoms with Crippen LogP contribution in [-0.4, -0.2) is 159 Å². The monoisotopic (exact) mass is 776 g/mol. The van der Waals surface area contributed by atoms with Gasteiger partial charge in [0.15, 0.2) is 18.9 Å². The minimum atomic E-state index is -1.55. The zero-order valence-electron chi connectivity index (χ0n) is 30.0. The van der Waals surface area contributed by atoms with Gasteiger partial charge in [0, 0.05) is 43.9 Å². The van der Waals surface area contributed by atoms with Crippen molar-refractivity contribution in [3.8, 4) is 5.75 Å². The first kappa shape index (κ1) is 43.8. The van der Waals surface area contributed by atoms with Crippen LogP contribution in [0, 0.1) is 16.0 Å². The Kier molecular flexibility index (Phi) is 16.9. The molecular weight excluding hydrogens is 724 g/mol. The number of unbranched alkanes of at least 4 members (excludes halogenated alkanes) is 1. The Balaban J connectivity index is 1.29. The molecule has 5 unspecified atom stereocenters. The molecule has 0 radical (unpaired) electrons. The van der Waals surface area contributed by atoms with E-state index in [2.05, 4.69) is 5.32 Å². The summed E-state index contributed by atoms with van der Waals surface area (Å²) in [5.74, 6) is -1.49. The summed E-state index contributed by atoms with van der Waals surface area (Å²) in [6.07, 6.45) is -15.4. The Labute approximate surface area is 311 Å². The lowest BCUT2D eigenvalue weighted by Gasteiger charge is -2.48. The first-order valence-electron chi connectivity index (χ1n) is 18.0. The third kappa shape index (κ3) is 11.8. The first-order valence-corrected chi connectivity index (χ1v) is 18.0. The van der Waals surface area contributed by atoms with Crippen LogP contribution in [0.4, 0.5) is 5.69 Å². The molecule has 3 aliphatic rings. The summed E-state index contributed by atoms with van der Waals surface area (Å²) in [5, 5.41) is 85.9. The molecule has 0 aliphatic carbocycles. The third-order valence-corrected chi connectivity index (χ3v) is 9.50. The van der Waals surface area contributed by atoms with E-state index in [0.29, 0.717) is 12.8 Å². The number of hydrogen-bond acceptors (Lipinski definition) is 18. The van der Waals surface area contributed by atoms with Crippen LogP contribution in [0.15, 0.2) is 24.3 Å². The quantitative estimate of drug-likeness (QED) is 0.0273. The van der Waals surface area contributed by atoms with Gasteiger partial charge in [-0.25, -0.2) is 0 Å². The zero-order chi connectivity index (χ0) is 39.5. The van der Waals surface area contributed by atoms with Crippen LogP contribution < -0.4 is 10.1 Å². The van der Waals surface area contributed by atoms with Crippen molar-refractivity contribution >= 4 is 17.6 Å². The van der Waals surface area contributed by atoms with Gasteiger partial charge in [-0.15, -0.1) is 0 Å². The maximum Gasteiger partial charge on any atom is 0.311 e. The Morgan fingerprint density at radius 3 is 2.13 bits per heavy atom. The molecule has 14 atom stereocenters. The molecule has 1 aromatic rings. The Morgan fingerprint density at radius 2 is 1.48 bits per heavy atom. The normalized spacial score (nSPS) is 35.6. The predicted molar refractivity (Wildman–Crippen MR) is 180 cm³/mol. The summed E-state index contributed by atoms with van der Waals surface area (Å²) in [6, 6.07) is 5.09. The molecule has 54 heavy (non-hydrogen) atoms. The number of esters is 1. The molecule has 0 aromatic heterocycles. The molecule has 0 bridgehead atoms. The molecular formula is C34H52N2O18. The van der Waals surface area contributed by atoms with Crippen molar-refractivity contribution in [3.05, 3.63) is 34.4 Å². The second kappa shape index (κ2) is 20.8. The fourth-order valence-corrected chi connectivity index (χ4v) is 6.26. The molecule has 0 saturated carbocycles. The topological polar surface area (TPSA) is 296 Å². The van der Waals surface area contributed by atoms with Crippen LogP contribution in [0.5, 0.6) is 5.75 Å². The molecule has 1 aromatic carbocycles. The summed E-state index contributed by atoms with van der Waals surface area (Å²) in [4.78, 5) is 34.7. The van der Waals surface area contributed by atoms with E-state index in [1.54, 1.807) is 0 Å². The number of non-ortho nitro benzene ring substituents is 1. The Bertz CT molecular complexity index is 1330. The maximum absolute atomic E-state index is 12.4. The van der Waals surface area contributed by atoms with Crippen LogP contribution in [0.2, 0.25) is 0 Å². The number of carbonyl (C=O) groups is 2. The van der Waals surface area contributed by atoms with Crippen LogP contribution in [0.1, 0.15) is 52.4 Å². The molecule has 0 spiro atoms. The molecule has 1 amide bonds. The molecule has 3 fully saturated rings. The second-order valence-electron chi connectivity index (χ2n) is 13.6. The number of hydrogen-bond donors (Lipinski definition) is 8. The Morgan fingerprint density at radius 1 is 0.833 bits per heavy atom. The minimum absolute atomic E-state index is 0.0165. The smallest absolute Gasteiger partial charge is 0.311 e. The van der Waals surface area contributed by atoms with Gasteiger partial charge in [-0.05, 0) is 38.3 Å². The standard InChI is InChI=1S/C34H52N2O18/c1-17-27(42)29(44)22(15-37)51-33(17)54-31-30(45)23(16-38)52-34(32(31)53-26-14-21(39)28(43)18(2)49-26)48-13-5-12-35-24(40)6-3-4-7-25(41)50-20-10-8-19(9-11-20)36(46)47/h8-11,17-18,21-23,26-34,37-39,42-45H,3-7,12-16H2,1-2H3,(H,35,40)/t17?,18?,21-,22?,23?,26+,27-,28-,29+,30+,31?,32+,33-,34-/m1/s1. The number of nitrogens with one attached hydrogen (secondary N) is 1. The lowest BCUT2D eigenvalue weighted by Crippen LogP contribution is -2.65. The minimum Gasteiger partial charge on any atom is -0.427 e. The number of nitrogens with zero attached hydrogens (tertiary/aromatic N) is 1. The number of rotatable bonds is 18. The fourth-order valence-electron chi connectivity index (χ4n) is 6.26. The lowest BCUT2D eigenvalue weighted by atomic mass is 9.92. The number of benzene rings is 1. The number of aliphatic hydroxyl groups excluding tert-OH is 7. The summed E-state index contributed by atoms with van der Waals surface area (Å²) >= 11 is 0. The summed E-state index contributed by atoms with van der Waals surface area (Å²) in [7, 11) is 0. The highest BCUT2D eigenvalue weighted by Gasteiger charge is 2.52. The van der Waals surface area contributed by atoms with E-state index >= 15 is 0 Å². The van der Waals surface area contributed by atoms with Gasteiger partial charge in [-0.1, -0.05) is 6.92 Å². The van der Waals surface area contributed by atoms with Crippen molar-refractivity contribution < 1.29 is 83.4 Å². The molecule has 20 heteroatoms. The van der Waals surface area contributed by atoms with Crippen molar-refractivity contribution in [2.45, 2.75) is 132 Å². The van der Waals surface area contributed by atoms with E-state index in [-0.39, 0.29) is 56.2 Å². The molecule has 3 heterocycles. The van der Waals surface area contributed by atoms with Gasteiger partial charge in [-0.2, -0.15) is 0 Å². The SMILES string of the molecule is CC1O[C@@H](O[C@H]2C(O[C@H]3OC(CO)[C@H](O)[C@H](O)C3C)[C@@H](O)C(CO)O[C@H]2OCCCNC(=O)CCCCC(=O)Oc2ccc([N+](=O)[O-])cc2)C[C@@H](O)[C@@H]1O. The van der Waals surface area contributed by atoms with Crippen LogP contribution in [0.25, 0.3) is 0 Å². The predicted octanol–water partition coefficient (Wildman–Crippen LogP) is -1.64. The van der Waals surface area contributed by atoms with E-state index in [1.165, 1.54) is 38.1 Å².